The molecule has 6 heteroatoms. The maximum absolute atomic E-state index is 12.2. The number of hydrogen-bond acceptors (Lipinski definition) is 4. The molecule has 3 rings (SSSR count). The molecule has 1 saturated heterocycles. The maximum Gasteiger partial charge on any atom is 0.220 e. The largest absolute Gasteiger partial charge is 0.352 e. The van der Waals surface area contributed by atoms with E-state index in [0.717, 1.165) is 19.3 Å². The van der Waals surface area contributed by atoms with Crippen molar-refractivity contribution < 1.29 is 18.0 Å². The first-order valence-electron chi connectivity index (χ1n) is 8.08. The molecular formula is C17H21NO4S. The number of carbonyl (C=O) groups excluding carboxylic acids is 2. The van der Waals surface area contributed by atoms with Gasteiger partial charge in [-0.25, -0.2) is 8.42 Å². The third kappa shape index (κ3) is 3.99. The third-order valence-electron chi connectivity index (χ3n) is 4.60. The van der Waals surface area contributed by atoms with E-state index in [1.165, 1.54) is 11.1 Å². The first-order valence-corrected chi connectivity index (χ1v) is 9.90. The van der Waals surface area contributed by atoms with Gasteiger partial charge in [0.25, 0.3) is 0 Å². The molecule has 0 unspecified atom stereocenters. The summed E-state index contributed by atoms with van der Waals surface area (Å²) in [4.78, 5) is 24.1. The fourth-order valence-corrected chi connectivity index (χ4v) is 5.00. The normalized spacial score (nSPS) is 21.8. The number of rotatable bonds is 5. The SMILES string of the molecule is O=C(CCC(=O)c1ccc2c(c1)CCC2)N[C@@H]1CCS(=O)(=O)C1. The summed E-state index contributed by atoms with van der Waals surface area (Å²) in [6.07, 6.45) is 3.96. The van der Waals surface area contributed by atoms with Gasteiger partial charge in [-0.3, -0.25) is 9.59 Å². The zero-order chi connectivity index (χ0) is 16.4. The number of benzene rings is 1. The van der Waals surface area contributed by atoms with Gasteiger partial charge in [0, 0.05) is 24.4 Å². The number of sulfone groups is 1. The molecular weight excluding hydrogens is 314 g/mol. The highest BCUT2D eigenvalue weighted by atomic mass is 32.2. The predicted molar refractivity (Wildman–Crippen MR) is 87.2 cm³/mol. The Morgan fingerprint density at radius 1 is 1.13 bits per heavy atom. The Bertz CT molecular complexity index is 739. The van der Waals surface area contributed by atoms with Crippen molar-refractivity contribution in [2.45, 2.75) is 44.6 Å². The number of nitrogens with one attached hydrogen (secondary N) is 1. The second-order valence-corrected chi connectivity index (χ2v) is 8.66. The Hall–Kier alpha value is -1.69. The average molecular weight is 335 g/mol. The average Bonchev–Trinajstić information content (AvgIpc) is 3.10. The molecule has 1 aliphatic heterocycles. The summed E-state index contributed by atoms with van der Waals surface area (Å²) in [6, 6.07) is 5.50. The van der Waals surface area contributed by atoms with E-state index in [-0.39, 0.29) is 42.1 Å². The van der Waals surface area contributed by atoms with Crippen LogP contribution in [0.25, 0.3) is 0 Å². The second kappa shape index (κ2) is 6.43. The number of Topliss-reactive ketones (excluding diaryl/α,β-unsaturated/α-hetero) is 1. The molecule has 5 nitrogen and oxygen atoms in total. The van der Waals surface area contributed by atoms with Crippen LogP contribution < -0.4 is 5.32 Å². The topological polar surface area (TPSA) is 80.3 Å². The molecule has 0 spiro atoms. The van der Waals surface area contributed by atoms with Gasteiger partial charge in [-0.1, -0.05) is 12.1 Å². The lowest BCUT2D eigenvalue weighted by Gasteiger charge is -2.10. The van der Waals surface area contributed by atoms with Gasteiger partial charge in [0.15, 0.2) is 15.6 Å². The molecule has 0 saturated carbocycles. The number of fused-ring (bicyclic) bond motifs is 1. The Kier molecular flexibility index (Phi) is 4.53. The summed E-state index contributed by atoms with van der Waals surface area (Å²) in [5.41, 5.74) is 3.24. The molecule has 0 bridgehead atoms. The number of ketones is 1. The van der Waals surface area contributed by atoms with Crippen molar-refractivity contribution in [3.63, 3.8) is 0 Å². The minimum absolute atomic E-state index is 0.0114. The lowest BCUT2D eigenvalue weighted by molar-refractivity contribution is -0.121. The first kappa shape index (κ1) is 16.2. The van der Waals surface area contributed by atoms with Gasteiger partial charge in [-0.15, -0.1) is 0 Å². The zero-order valence-electron chi connectivity index (χ0n) is 13.0. The second-order valence-electron chi connectivity index (χ2n) is 6.43. The quantitative estimate of drug-likeness (QED) is 0.826. The van der Waals surface area contributed by atoms with Crippen LogP contribution in [0.2, 0.25) is 0 Å². The summed E-state index contributed by atoms with van der Waals surface area (Å²) in [7, 11) is -3.00. The summed E-state index contributed by atoms with van der Waals surface area (Å²) in [5, 5.41) is 2.71. The number of amides is 1. The van der Waals surface area contributed by atoms with Gasteiger partial charge in [0.2, 0.25) is 5.91 Å². The smallest absolute Gasteiger partial charge is 0.220 e. The van der Waals surface area contributed by atoms with Gasteiger partial charge in [0.1, 0.15) is 0 Å². The zero-order valence-corrected chi connectivity index (χ0v) is 13.8. The Morgan fingerprint density at radius 3 is 2.65 bits per heavy atom. The van der Waals surface area contributed by atoms with Crippen LogP contribution in [-0.4, -0.2) is 37.7 Å². The fraction of sp³-hybridized carbons (Fsp3) is 0.529. The monoisotopic (exact) mass is 335 g/mol. The van der Waals surface area contributed by atoms with Gasteiger partial charge < -0.3 is 5.32 Å². The summed E-state index contributed by atoms with van der Waals surface area (Å²) in [5.74, 6) is -0.140. The van der Waals surface area contributed by atoms with E-state index < -0.39 is 9.84 Å². The lowest BCUT2D eigenvalue weighted by Crippen LogP contribution is -2.35. The van der Waals surface area contributed by atoms with Gasteiger partial charge >= 0.3 is 0 Å². The molecule has 0 radical (unpaired) electrons. The van der Waals surface area contributed by atoms with Crippen molar-refractivity contribution >= 4 is 21.5 Å². The molecule has 1 heterocycles. The van der Waals surface area contributed by atoms with E-state index in [1.807, 2.05) is 18.2 Å². The van der Waals surface area contributed by atoms with Crippen LogP contribution in [0.3, 0.4) is 0 Å². The van der Waals surface area contributed by atoms with Crippen LogP contribution >= 0.6 is 0 Å². The minimum atomic E-state index is -3.00. The number of hydrogen-bond donors (Lipinski definition) is 1. The Morgan fingerprint density at radius 2 is 1.91 bits per heavy atom. The molecule has 1 aliphatic carbocycles. The van der Waals surface area contributed by atoms with Crippen molar-refractivity contribution in [2.24, 2.45) is 0 Å². The van der Waals surface area contributed by atoms with E-state index in [9.17, 15) is 18.0 Å². The van der Waals surface area contributed by atoms with Gasteiger partial charge in [-0.2, -0.15) is 0 Å². The van der Waals surface area contributed by atoms with Crippen LogP contribution in [0.4, 0.5) is 0 Å². The fourth-order valence-electron chi connectivity index (χ4n) is 3.33. The Balaban J connectivity index is 1.50. The summed E-state index contributed by atoms with van der Waals surface area (Å²) >= 11 is 0. The standard InChI is InChI=1S/C17H21NO4S/c19-16(14-5-4-12-2-1-3-13(12)10-14)6-7-17(20)18-15-8-9-23(21,22)11-15/h4-5,10,15H,1-3,6-9,11H2,(H,18,20)/t15-/m1/s1. The van der Waals surface area contributed by atoms with Crippen LogP contribution in [-0.2, 0) is 27.5 Å². The lowest BCUT2D eigenvalue weighted by atomic mass is 10.0. The van der Waals surface area contributed by atoms with E-state index in [0.29, 0.717) is 12.0 Å². The third-order valence-corrected chi connectivity index (χ3v) is 6.37. The van der Waals surface area contributed by atoms with Gasteiger partial charge in [0.05, 0.1) is 11.5 Å². The molecule has 1 amide bonds. The van der Waals surface area contributed by atoms with Crippen LogP contribution in [0.15, 0.2) is 18.2 Å². The van der Waals surface area contributed by atoms with Crippen molar-refractivity contribution in [1.29, 1.82) is 0 Å². The van der Waals surface area contributed by atoms with Crippen LogP contribution in [0.1, 0.15) is 47.2 Å². The summed E-state index contributed by atoms with van der Waals surface area (Å²) in [6.45, 7) is 0. The summed E-state index contributed by atoms with van der Waals surface area (Å²) < 4.78 is 22.7. The van der Waals surface area contributed by atoms with Crippen molar-refractivity contribution in [1.82, 2.24) is 5.32 Å². The van der Waals surface area contributed by atoms with E-state index in [1.54, 1.807) is 0 Å². The maximum atomic E-state index is 12.2. The van der Waals surface area contributed by atoms with Crippen LogP contribution in [0.5, 0.6) is 0 Å². The van der Waals surface area contributed by atoms with E-state index in [4.69, 9.17) is 0 Å². The molecule has 1 N–H and O–H groups in total. The first-order chi connectivity index (χ1) is 10.9. The minimum Gasteiger partial charge on any atom is -0.352 e. The van der Waals surface area contributed by atoms with Crippen molar-refractivity contribution in [3.05, 3.63) is 34.9 Å². The molecule has 2 aliphatic rings. The number of carbonyl (C=O) groups is 2. The molecule has 23 heavy (non-hydrogen) atoms. The van der Waals surface area contributed by atoms with E-state index in [2.05, 4.69) is 5.32 Å². The highest BCUT2D eigenvalue weighted by molar-refractivity contribution is 7.91. The molecule has 124 valence electrons. The Labute approximate surface area is 136 Å². The number of aryl methyl sites for hydroxylation is 2. The highest BCUT2D eigenvalue weighted by Gasteiger charge is 2.28. The molecule has 1 aromatic carbocycles. The van der Waals surface area contributed by atoms with Crippen LogP contribution in [0, 0.1) is 0 Å². The van der Waals surface area contributed by atoms with Crippen molar-refractivity contribution in [3.8, 4) is 0 Å². The molecule has 1 aromatic rings. The molecule has 0 aromatic heterocycles. The molecule has 1 atom stereocenters. The van der Waals surface area contributed by atoms with Crippen molar-refractivity contribution in [2.75, 3.05) is 11.5 Å². The predicted octanol–water partition coefficient (Wildman–Crippen LogP) is 1.44. The molecule has 1 fully saturated rings. The highest BCUT2D eigenvalue weighted by Crippen LogP contribution is 2.23. The van der Waals surface area contributed by atoms with Gasteiger partial charge in [-0.05, 0) is 42.9 Å². The van der Waals surface area contributed by atoms with E-state index >= 15 is 0 Å².